The molecule has 0 saturated carbocycles. The largest absolute Gasteiger partial charge is 0.298 e. The van der Waals surface area contributed by atoms with Crippen molar-refractivity contribution in [3.05, 3.63) is 51.7 Å². The standard InChI is InChI=1S/C19H26N2O2S2/c1-15-5-6-16(2)19(12-15)25(22,23)20-13-17-7-9-21(10-8-17)14-18-4-3-11-24-18/h3-6,11-12,17,20H,7-10,13-14H2,1-2H3. The lowest BCUT2D eigenvalue weighted by molar-refractivity contribution is 0.180. The molecule has 0 atom stereocenters. The topological polar surface area (TPSA) is 49.4 Å². The number of hydrogen-bond acceptors (Lipinski definition) is 4. The van der Waals surface area contributed by atoms with Gasteiger partial charge in [0.05, 0.1) is 4.90 Å². The van der Waals surface area contributed by atoms with E-state index < -0.39 is 10.0 Å². The van der Waals surface area contributed by atoms with Crippen molar-refractivity contribution in [3.63, 3.8) is 0 Å². The second-order valence-corrected chi connectivity index (χ2v) is 9.69. The Balaban J connectivity index is 1.51. The third-order valence-corrected chi connectivity index (χ3v) is 7.29. The molecule has 2 aromatic rings. The first kappa shape index (κ1) is 18.6. The molecule has 0 radical (unpaired) electrons. The lowest BCUT2D eigenvalue weighted by Crippen LogP contribution is -2.38. The van der Waals surface area contributed by atoms with Gasteiger partial charge in [0.2, 0.25) is 10.0 Å². The highest BCUT2D eigenvalue weighted by Gasteiger charge is 2.23. The first-order valence-electron chi connectivity index (χ1n) is 8.76. The number of aryl methyl sites for hydroxylation is 2. The zero-order chi connectivity index (χ0) is 17.9. The molecule has 1 aliphatic rings. The Labute approximate surface area is 154 Å². The quantitative estimate of drug-likeness (QED) is 0.836. The summed E-state index contributed by atoms with van der Waals surface area (Å²) in [5.74, 6) is 0.416. The van der Waals surface area contributed by atoms with Gasteiger partial charge in [-0.05, 0) is 74.3 Å². The van der Waals surface area contributed by atoms with Gasteiger partial charge in [0.15, 0.2) is 0 Å². The van der Waals surface area contributed by atoms with Crippen LogP contribution in [0.15, 0.2) is 40.6 Å². The molecule has 1 aromatic heterocycles. The summed E-state index contributed by atoms with van der Waals surface area (Å²) in [6.07, 6.45) is 2.08. The van der Waals surface area contributed by atoms with Crippen LogP contribution in [-0.2, 0) is 16.6 Å². The van der Waals surface area contributed by atoms with Gasteiger partial charge in [0, 0.05) is 18.0 Å². The predicted molar refractivity (Wildman–Crippen MR) is 103 cm³/mol. The van der Waals surface area contributed by atoms with Gasteiger partial charge in [-0.3, -0.25) is 4.90 Å². The minimum Gasteiger partial charge on any atom is -0.298 e. The number of piperidine rings is 1. The second kappa shape index (κ2) is 7.99. The Morgan fingerprint density at radius 3 is 2.64 bits per heavy atom. The highest BCUT2D eigenvalue weighted by Crippen LogP contribution is 2.21. The van der Waals surface area contributed by atoms with Crippen LogP contribution in [-0.4, -0.2) is 33.0 Å². The minimum atomic E-state index is -3.43. The number of thiophene rings is 1. The molecular weight excluding hydrogens is 352 g/mol. The zero-order valence-corrected chi connectivity index (χ0v) is 16.5. The van der Waals surface area contributed by atoms with Gasteiger partial charge >= 0.3 is 0 Å². The van der Waals surface area contributed by atoms with E-state index in [1.807, 2.05) is 26.0 Å². The lowest BCUT2D eigenvalue weighted by atomic mass is 9.97. The van der Waals surface area contributed by atoms with Gasteiger partial charge in [-0.25, -0.2) is 13.1 Å². The van der Waals surface area contributed by atoms with Crippen LogP contribution in [0, 0.1) is 19.8 Å². The Bertz CT molecular complexity index is 793. The summed E-state index contributed by atoms with van der Waals surface area (Å²) in [5.41, 5.74) is 1.76. The summed E-state index contributed by atoms with van der Waals surface area (Å²) < 4.78 is 28.0. The molecule has 0 unspecified atom stereocenters. The van der Waals surface area contributed by atoms with E-state index in [0.717, 1.165) is 43.6 Å². The van der Waals surface area contributed by atoms with Crippen molar-refractivity contribution in [1.82, 2.24) is 9.62 Å². The monoisotopic (exact) mass is 378 g/mol. The molecule has 0 spiro atoms. The maximum atomic E-state index is 12.6. The fraction of sp³-hybridized carbons (Fsp3) is 0.474. The Morgan fingerprint density at radius 2 is 1.96 bits per heavy atom. The molecule has 1 aromatic carbocycles. The summed E-state index contributed by atoms with van der Waals surface area (Å²) in [6, 6.07) is 9.83. The maximum absolute atomic E-state index is 12.6. The van der Waals surface area contributed by atoms with E-state index in [0.29, 0.717) is 17.4 Å². The summed E-state index contributed by atoms with van der Waals surface area (Å²) in [7, 11) is -3.43. The molecule has 1 N–H and O–H groups in total. The Kier molecular flexibility index (Phi) is 5.94. The average molecular weight is 379 g/mol. The van der Waals surface area contributed by atoms with E-state index in [1.54, 1.807) is 17.4 Å². The number of likely N-dealkylation sites (tertiary alicyclic amines) is 1. The van der Waals surface area contributed by atoms with E-state index in [4.69, 9.17) is 0 Å². The van der Waals surface area contributed by atoms with Crippen molar-refractivity contribution in [2.24, 2.45) is 5.92 Å². The van der Waals surface area contributed by atoms with Crippen LogP contribution in [0.2, 0.25) is 0 Å². The highest BCUT2D eigenvalue weighted by molar-refractivity contribution is 7.89. The summed E-state index contributed by atoms with van der Waals surface area (Å²) in [5, 5.41) is 2.12. The van der Waals surface area contributed by atoms with Gasteiger partial charge in [-0.15, -0.1) is 11.3 Å². The SMILES string of the molecule is Cc1ccc(C)c(S(=O)(=O)NCC2CCN(Cc3cccs3)CC2)c1. The number of hydrogen-bond donors (Lipinski definition) is 1. The van der Waals surface area contributed by atoms with E-state index >= 15 is 0 Å². The fourth-order valence-corrected chi connectivity index (χ4v) is 5.46. The molecule has 1 aliphatic heterocycles. The zero-order valence-electron chi connectivity index (χ0n) is 14.9. The van der Waals surface area contributed by atoms with Crippen molar-refractivity contribution < 1.29 is 8.42 Å². The molecule has 1 saturated heterocycles. The third-order valence-electron chi connectivity index (χ3n) is 4.86. The molecule has 2 heterocycles. The van der Waals surface area contributed by atoms with Crippen molar-refractivity contribution in [2.75, 3.05) is 19.6 Å². The Hall–Kier alpha value is -1.21. The molecule has 4 nitrogen and oxygen atoms in total. The fourth-order valence-electron chi connectivity index (χ4n) is 3.27. The third kappa shape index (κ3) is 4.91. The number of sulfonamides is 1. The molecule has 0 aliphatic carbocycles. The summed E-state index contributed by atoms with van der Waals surface area (Å²) in [4.78, 5) is 4.26. The van der Waals surface area contributed by atoms with E-state index in [-0.39, 0.29) is 0 Å². The first-order valence-corrected chi connectivity index (χ1v) is 11.1. The number of nitrogens with one attached hydrogen (secondary N) is 1. The van der Waals surface area contributed by atoms with Gasteiger partial charge in [-0.1, -0.05) is 18.2 Å². The van der Waals surface area contributed by atoms with Crippen molar-refractivity contribution in [1.29, 1.82) is 0 Å². The first-order chi connectivity index (χ1) is 11.9. The van der Waals surface area contributed by atoms with E-state index in [9.17, 15) is 8.42 Å². The van der Waals surface area contributed by atoms with Crippen LogP contribution < -0.4 is 4.72 Å². The molecule has 25 heavy (non-hydrogen) atoms. The van der Waals surface area contributed by atoms with Gasteiger partial charge < -0.3 is 0 Å². The second-order valence-electron chi connectivity index (χ2n) is 6.92. The number of rotatable bonds is 6. The molecule has 136 valence electrons. The summed E-state index contributed by atoms with van der Waals surface area (Å²) >= 11 is 1.80. The van der Waals surface area contributed by atoms with Crippen LogP contribution in [0.5, 0.6) is 0 Å². The van der Waals surface area contributed by atoms with Crippen LogP contribution in [0.4, 0.5) is 0 Å². The molecule has 1 fully saturated rings. The maximum Gasteiger partial charge on any atom is 0.240 e. The smallest absolute Gasteiger partial charge is 0.240 e. The molecular formula is C19H26N2O2S2. The number of benzene rings is 1. The predicted octanol–water partition coefficient (Wildman–Crippen LogP) is 3.56. The van der Waals surface area contributed by atoms with Crippen LogP contribution in [0.3, 0.4) is 0 Å². The van der Waals surface area contributed by atoms with Crippen molar-refractivity contribution in [2.45, 2.75) is 38.1 Å². The molecule has 0 bridgehead atoms. The van der Waals surface area contributed by atoms with E-state index in [2.05, 4.69) is 27.1 Å². The van der Waals surface area contributed by atoms with Crippen LogP contribution in [0.1, 0.15) is 28.8 Å². The van der Waals surface area contributed by atoms with Crippen molar-refractivity contribution in [3.8, 4) is 0 Å². The minimum absolute atomic E-state index is 0.405. The molecule has 3 rings (SSSR count). The molecule has 0 amide bonds. The van der Waals surface area contributed by atoms with Crippen LogP contribution >= 0.6 is 11.3 Å². The van der Waals surface area contributed by atoms with Crippen LogP contribution in [0.25, 0.3) is 0 Å². The average Bonchev–Trinajstić information content (AvgIpc) is 3.09. The lowest BCUT2D eigenvalue weighted by Gasteiger charge is -2.31. The van der Waals surface area contributed by atoms with Crippen molar-refractivity contribution >= 4 is 21.4 Å². The highest BCUT2D eigenvalue weighted by atomic mass is 32.2. The van der Waals surface area contributed by atoms with Gasteiger partial charge in [-0.2, -0.15) is 0 Å². The van der Waals surface area contributed by atoms with Gasteiger partial charge in [0.25, 0.3) is 0 Å². The normalized spacial score (nSPS) is 17.0. The van der Waals surface area contributed by atoms with Gasteiger partial charge in [0.1, 0.15) is 0 Å². The van der Waals surface area contributed by atoms with E-state index in [1.165, 1.54) is 4.88 Å². The Morgan fingerprint density at radius 1 is 1.20 bits per heavy atom. The molecule has 6 heteroatoms. The summed E-state index contributed by atoms with van der Waals surface area (Å²) in [6.45, 7) is 7.38. The number of nitrogens with zero attached hydrogens (tertiary/aromatic N) is 1.